The summed E-state index contributed by atoms with van der Waals surface area (Å²) in [4.78, 5) is 4.11. The molecule has 0 saturated heterocycles. The van der Waals surface area contributed by atoms with Crippen LogP contribution in [0.4, 0.5) is 0 Å². The summed E-state index contributed by atoms with van der Waals surface area (Å²) in [6.45, 7) is 3.12. The summed E-state index contributed by atoms with van der Waals surface area (Å²) in [5.74, 6) is 2.57. The molecule has 0 aliphatic carbocycles. The molecule has 0 spiro atoms. The second-order valence-electron chi connectivity index (χ2n) is 2.27. The molecule has 0 amide bonds. The summed E-state index contributed by atoms with van der Waals surface area (Å²) >= 11 is 1.67. The third kappa shape index (κ3) is 2.49. The predicted molar refractivity (Wildman–Crippen MR) is 48.9 cm³/mol. The first kappa shape index (κ1) is 9.54. The SMILES string of the molecule is CCn1ncnc1CSCCO. The molecule has 1 N–H and O–H groups in total. The van der Waals surface area contributed by atoms with Crippen LogP contribution in [-0.4, -0.2) is 32.2 Å². The van der Waals surface area contributed by atoms with Crippen LogP contribution in [-0.2, 0) is 12.3 Å². The zero-order chi connectivity index (χ0) is 8.81. The van der Waals surface area contributed by atoms with Crippen molar-refractivity contribution in [2.45, 2.75) is 19.2 Å². The Kier molecular flexibility index (Phi) is 4.10. The molecule has 0 aliphatic rings. The minimum Gasteiger partial charge on any atom is -0.396 e. The Morgan fingerprint density at radius 2 is 2.50 bits per heavy atom. The number of thioether (sulfide) groups is 1. The quantitative estimate of drug-likeness (QED) is 0.683. The highest BCUT2D eigenvalue weighted by Crippen LogP contribution is 2.08. The Labute approximate surface area is 76.0 Å². The molecule has 5 heteroatoms. The Morgan fingerprint density at radius 3 is 3.17 bits per heavy atom. The van der Waals surface area contributed by atoms with Crippen molar-refractivity contribution in [1.82, 2.24) is 14.8 Å². The molecule has 0 aromatic carbocycles. The summed E-state index contributed by atoms with van der Waals surface area (Å²) in [5, 5.41) is 12.6. The van der Waals surface area contributed by atoms with Gasteiger partial charge in [-0.1, -0.05) is 0 Å². The van der Waals surface area contributed by atoms with Crippen LogP contribution in [0.15, 0.2) is 6.33 Å². The third-order valence-corrected chi connectivity index (χ3v) is 2.40. The zero-order valence-corrected chi connectivity index (χ0v) is 7.92. The van der Waals surface area contributed by atoms with E-state index >= 15 is 0 Å². The molecular formula is C7H13N3OS. The average molecular weight is 187 g/mol. The molecule has 0 bridgehead atoms. The van der Waals surface area contributed by atoms with Gasteiger partial charge in [-0.15, -0.1) is 0 Å². The molecule has 1 heterocycles. The van der Waals surface area contributed by atoms with Crippen molar-refractivity contribution < 1.29 is 5.11 Å². The number of aromatic nitrogens is 3. The summed E-state index contributed by atoms with van der Waals surface area (Å²) in [5.41, 5.74) is 0. The van der Waals surface area contributed by atoms with E-state index in [-0.39, 0.29) is 6.61 Å². The lowest BCUT2D eigenvalue weighted by Gasteiger charge is -2.00. The van der Waals surface area contributed by atoms with E-state index in [1.54, 1.807) is 18.1 Å². The van der Waals surface area contributed by atoms with E-state index in [4.69, 9.17) is 5.11 Å². The van der Waals surface area contributed by atoms with Gasteiger partial charge in [0.15, 0.2) is 0 Å². The second-order valence-corrected chi connectivity index (χ2v) is 3.37. The van der Waals surface area contributed by atoms with Crippen LogP contribution in [0, 0.1) is 0 Å². The van der Waals surface area contributed by atoms with Gasteiger partial charge >= 0.3 is 0 Å². The molecule has 1 aromatic rings. The van der Waals surface area contributed by atoms with Crippen molar-refractivity contribution in [3.05, 3.63) is 12.2 Å². The van der Waals surface area contributed by atoms with E-state index in [0.29, 0.717) is 0 Å². The van der Waals surface area contributed by atoms with E-state index in [0.717, 1.165) is 23.9 Å². The van der Waals surface area contributed by atoms with Crippen molar-refractivity contribution in [2.24, 2.45) is 0 Å². The summed E-state index contributed by atoms with van der Waals surface area (Å²) < 4.78 is 1.87. The Bertz CT molecular complexity index is 226. The molecule has 4 nitrogen and oxygen atoms in total. The Hall–Kier alpha value is -0.550. The van der Waals surface area contributed by atoms with Crippen molar-refractivity contribution in [1.29, 1.82) is 0 Å². The number of aryl methyl sites for hydroxylation is 1. The molecule has 0 fully saturated rings. The topological polar surface area (TPSA) is 50.9 Å². The van der Waals surface area contributed by atoms with Crippen LogP contribution in [0.25, 0.3) is 0 Å². The number of hydrogen-bond acceptors (Lipinski definition) is 4. The van der Waals surface area contributed by atoms with Gasteiger partial charge in [0, 0.05) is 12.3 Å². The molecule has 68 valence electrons. The monoisotopic (exact) mass is 187 g/mol. The first-order valence-electron chi connectivity index (χ1n) is 3.93. The second kappa shape index (κ2) is 5.16. The molecule has 1 aromatic heterocycles. The smallest absolute Gasteiger partial charge is 0.138 e. The van der Waals surface area contributed by atoms with Crippen LogP contribution in [0.3, 0.4) is 0 Å². The van der Waals surface area contributed by atoms with E-state index in [9.17, 15) is 0 Å². The number of hydrogen-bond donors (Lipinski definition) is 1. The first-order chi connectivity index (χ1) is 5.88. The largest absolute Gasteiger partial charge is 0.396 e. The molecule has 0 unspecified atom stereocenters. The zero-order valence-electron chi connectivity index (χ0n) is 7.10. The van der Waals surface area contributed by atoms with Crippen molar-refractivity contribution in [3.8, 4) is 0 Å². The van der Waals surface area contributed by atoms with Crippen LogP contribution in [0.2, 0.25) is 0 Å². The maximum Gasteiger partial charge on any atom is 0.138 e. The Morgan fingerprint density at radius 1 is 1.67 bits per heavy atom. The highest BCUT2D eigenvalue weighted by atomic mass is 32.2. The van der Waals surface area contributed by atoms with Crippen molar-refractivity contribution >= 4 is 11.8 Å². The molecule has 0 saturated carbocycles. The van der Waals surface area contributed by atoms with Gasteiger partial charge in [-0.2, -0.15) is 16.9 Å². The van der Waals surface area contributed by atoms with Crippen LogP contribution < -0.4 is 0 Å². The van der Waals surface area contributed by atoms with Gasteiger partial charge in [-0.05, 0) is 6.92 Å². The number of aliphatic hydroxyl groups is 1. The number of rotatable bonds is 5. The summed E-state index contributed by atoms with van der Waals surface area (Å²) in [7, 11) is 0. The van der Waals surface area contributed by atoms with Crippen LogP contribution >= 0.6 is 11.8 Å². The normalized spacial score (nSPS) is 10.5. The standard InChI is InChI=1S/C7H13N3OS/c1-2-10-7(8-6-9-10)5-12-4-3-11/h6,11H,2-5H2,1H3. The van der Waals surface area contributed by atoms with Gasteiger partial charge < -0.3 is 5.11 Å². The molecule has 0 radical (unpaired) electrons. The molecular weight excluding hydrogens is 174 g/mol. The minimum absolute atomic E-state index is 0.227. The maximum atomic E-state index is 8.56. The fourth-order valence-electron chi connectivity index (χ4n) is 0.892. The lowest BCUT2D eigenvalue weighted by Crippen LogP contribution is -2.02. The minimum atomic E-state index is 0.227. The van der Waals surface area contributed by atoms with E-state index in [1.807, 2.05) is 11.6 Å². The van der Waals surface area contributed by atoms with Gasteiger partial charge in [0.25, 0.3) is 0 Å². The maximum absolute atomic E-state index is 8.56. The Balaban J connectivity index is 2.39. The first-order valence-corrected chi connectivity index (χ1v) is 5.09. The van der Waals surface area contributed by atoms with Gasteiger partial charge in [0.05, 0.1) is 12.4 Å². The fraction of sp³-hybridized carbons (Fsp3) is 0.714. The lowest BCUT2D eigenvalue weighted by atomic mass is 10.6. The number of aliphatic hydroxyl groups excluding tert-OH is 1. The summed E-state index contributed by atoms with van der Waals surface area (Å²) in [6, 6.07) is 0. The average Bonchev–Trinajstić information content (AvgIpc) is 2.52. The van der Waals surface area contributed by atoms with Crippen LogP contribution in [0.5, 0.6) is 0 Å². The predicted octanol–water partition coefficient (Wildman–Crippen LogP) is 0.523. The van der Waals surface area contributed by atoms with Crippen molar-refractivity contribution in [2.75, 3.05) is 12.4 Å². The third-order valence-electron chi connectivity index (χ3n) is 1.46. The van der Waals surface area contributed by atoms with E-state index in [1.165, 1.54) is 0 Å². The summed E-state index contributed by atoms with van der Waals surface area (Å²) in [6.07, 6.45) is 1.57. The molecule has 12 heavy (non-hydrogen) atoms. The van der Waals surface area contributed by atoms with Gasteiger partial charge in [0.2, 0.25) is 0 Å². The van der Waals surface area contributed by atoms with E-state index < -0.39 is 0 Å². The fourth-order valence-corrected chi connectivity index (χ4v) is 1.57. The van der Waals surface area contributed by atoms with Gasteiger partial charge in [-0.25, -0.2) is 9.67 Å². The van der Waals surface area contributed by atoms with Gasteiger partial charge in [0.1, 0.15) is 12.2 Å². The highest BCUT2D eigenvalue weighted by Gasteiger charge is 2.00. The molecule has 0 aliphatic heterocycles. The molecule has 1 rings (SSSR count). The van der Waals surface area contributed by atoms with Crippen molar-refractivity contribution in [3.63, 3.8) is 0 Å². The molecule has 0 atom stereocenters. The number of nitrogens with zero attached hydrogens (tertiary/aromatic N) is 3. The lowest BCUT2D eigenvalue weighted by molar-refractivity contribution is 0.322. The van der Waals surface area contributed by atoms with Gasteiger partial charge in [-0.3, -0.25) is 0 Å². The van der Waals surface area contributed by atoms with Crippen LogP contribution in [0.1, 0.15) is 12.7 Å². The highest BCUT2D eigenvalue weighted by molar-refractivity contribution is 7.98. The van der Waals surface area contributed by atoms with E-state index in [2.05, 4.69) is 10.1 Å².